The van der Waals surface area contributed by atoms with Crippen molar-refractivity contribution in [2.75, 3.05) is 20.2 Å². The highest BCUT2D eigenvalue weighted by Gasteiger charge is 2.17. The van der Waals surface area contributed by atoms with E-state index >= 15 is 0 Å². The first-order valence-corrected chi connectivity index (χ1v) is 9.38. The molecule has 24 heavy (non-hydrogen) atoms. The largest absolute Gasteiger partial charge is 0.379 e. The van der Waals surface area contributed by atoms with Crippen molar-refractivity contribution >= 4 is 5.91 Å². The van der Waals surface area contributed by atoms with Crippen LogP contribution in [-0.2, 0) is 14.3 Å². The lowest BCUT2D eigenvalue weighted by atomic mass is 10.1. The number of rotatable bonds is 13. The summed E-state index contributed by atoms with van der Waals surface area (Å²) in [6.45, 7) is 15.9. The topological polar surface area (TPSA) is 50.8 Å². The summed E-state index contributed by atoms with van der Waals surface area (Å²) in [5, 5.41) is 3.09. The van der Waals surface area contributed by atoms with Gasteiger partial charge in [-0.05, 0) is 68.4 Å². The second-order valence-electron chi connectivity index (χ2n) is 7.54. The molecule has 0 rings (SSSR count). The van der Waals surface area contributed by atoms with Gasteiger partial charge < -0.3 is 19.7 Å². The highest BCUT2D eigenvalue weighted by Crippen LogP contribution is 2.11. The van der Waals surface area contributed by atoms with Crippen molar-refractivity contribution in [3.05, 3.63) is 0 Å². The van der Waals surface area contributed by atoms with Gasteiger partial charge in [0, 0.05) is 31.7 Å². The summed E-state index contributed by atoms with van der Waals surface area (Å²) >= 11 is 0. The molecule has 0 radical (unpaired) electrons. The third kappa shape index (κ3) is 12.7. The van der Waals surface area contributed by atoms with E-state index < -0.39 is 0 Å². The highest BCUT2D eigenvalue weighted by molar-refractivity contribution is 5.76. The predicted molar refractivity (Wildman–Crippen MR) is 100 cm³/mol. The lowest BCUT2D eigenvalue weighted by molar-refractivity contribution is -0.122. The molecule has 5 nitrogen and oxygen atoms in total. The number of nitrogens with zero attached hydrogens (tertiary/aromatic N) is 1. The molecule has 0 aliphatic carbocycles. The van der Waals surface area contributed by atoms with E-state index in [1.165, 1.54) is 0 Å². The standard InChI is InChI=1S/C19H40N2O3/c1-14(2)21(8)11-9-19(22)20-17(7)13-18(24-16(5)6)10-12-23-15(3)4/h14-18H,9-13H2,1-8H3,(H,20,22). The zero-order valence-electron chi connectivity index (χ0n) is 17.1. The van der Waals surface area contributed by atoms with Crippen LogP contribution in [0.4, 0.5) is 0 Å². The molecule has 2 unspecified atom stereocenters. The molecule has 0 aromatic carbocycles. The molecule has 144 valence electrons. The Bertz CT molecular complexity index is 333. The zero-order chi connectivity index (χ0) is 18.7. The number of nitrogens with one attached hydrogen (secondary N) is 1. The Morgan fingerprint density at radius 3 is 2.17 bits per heavy atom. The second-order valence-corrected chi connectivity index (χ2v) is 7.54. The fourth-order valence-corrected chi connectivity index (χ4v) is 2.40. The Balaban J connectivity index is 4.23. The summed E-state index contributed by atoms with van der Waals surface area (Å²) < 4.78 is 11.6. The second kappa shape index (κ2) is 12.7. The molecule has 0 bridgehead atoms. The van der Waals surface area contributed by atoms with Gasteiger partial charge in [0.2, 0.25) is 5.91 Å². The van der Waals surface area contributed by atoms with Gasteiger partial charge in [-0.15, -0.1) is 0 Å². The maximum absolute atomic E-state index is 12.1. The van der Waals surface area contributed by atoms with Gasteiger partial charge >= 0.3 is 0 Å². The molecule has 0 aromatic heterocycles. The van der Waals surface area contributed by atoms with E-state index in [2.05, 4.69) is 24.1 Å². The van der Waals surface area contributed by atoms with Gasteiger partial charge in [-0.3, -0.25) is 4.79 Å². The average Bonchev–Trinajstić information content (AvgIpc) is 2.43. The molecule has 1 amide bonds. The first kappa shape index (κ1) is 23.4. The lowest BCUT2D eigenvalue weighted by Gasteiger charge is -2.25. The molecule has 0 aliphatic heterocycles. The summed E-state index contributed by atoms with van der Waals surface area (Å²) in [5.41, 5.74) is 0. The van der Waals surface area contributed by atoms with Crippen molar-refractivity contribution in [2.45, 2.75) is 98.1 Å². The minimum Gasteiger partial charge on any atom is -0.379 e. The minimum absolute atomic E-state index is 0.102. The van der Waals surface area contributed by atoms with Crippen molar-refractivity contribution < 1.29 is 14.3 Å². The summed E-state index contributed by atoms with van der Waals surface area (Å²) in [4.78, 5) is 14.3. The normalized spacial score (nSPS) is 14.7. The van der Waals surface area contributed by atoms with Crippen molar-refractivity contribution in [2.24, 2.45) is 0 Å². The molecule has 5 heteroatoms. The first-order valence-electron chi connectivity index (χ1n) is 9.38. The van der Waals surface area contributed by atoms with Crippen LogP contribution >= 0.6 is 0 Å². The Labute approximate surface area is 149 Å². The number of hydrogen-bond acceptors (Lipinski definition) is 4. The van der Waals surface area contributed by atoms with E-state index in [1.54, 1.807) is 0 Å². The Hall–Kier alpha value is -0.650. The lowest BCUT2D eigenvalue weighted by Crippen LogP contribution is -2.38. The van der Waals surface area contributed by atoms with Gasteiger partial charge in [-0.2, -0.15) is 0 Å². The summed E-state index contributed by atoms with van der Waals surface area (Å²) in [7, 11) is 2.04. The van der Waals surface area contributed by atoms with Crippen molar-refractivity contribution in [1.29, 1.82) is 0 Å². The van der Waals surface area contributed by atoms with Crippen LogP contribution in [0.15, 0.2) is 0 Å². The molecule has 0 spiro atoms. The molecule has 2 atom stereocenters. The molecule has 0 fully saturated rings. The van der Waals surface area contributed by atoms with Crippen molar-refractivity contribution in [3.63, 3.8) is 0 Å². The van der Waals surface area contributed by atoms with Gasteiger partial charge in [-0.25, -0.2) is 0 Å². The minimum atomic E-state index is 0.102. The Morgan fingerprint density at radius 2 is 1.67 bits per heavy atom. The third-order valence-electron chi connectivity index (χ3n) is 3.95. The Morgan fingerprint density at radius 1 is 1.04 bits per heavy atom. The summed E-state index contributed by atoms with van der Waals surface area (Å²) in [6.07, 6.45) is 2.72. The van der Waals surface area contributed by atoms with Gasteiger partial charge in [0.05, 0.1) is 18.3 Å². The number of hydrogen-bond donors (Lipinski definition) is 1. The van der Waals surface area contributed by atoms with Crippen LogP contribution < -0.4 is 5.32 Å². The third-order valence-corrected chi connectivity index (χ3v) is 3.95. The molecule has 0 saturated heterocycles. The summed E-state index contributed by atoms with van der Waals surface area (Å²) in [5.74, 6) is 0.108. The van der Waals surface area contributed by atoms with E-state index in [0.717, 1.165) is 19.4 Å². The highest BCUT2D eigenvalue weighted by atomic mass is 16.5. The number of ether oxygens (including phenoxy) is 2. The van der Waals surface area contributed by atoms with E-state index in [0.29, 0.717) is 19.1 Å². The SMILES string of the molecule is CC(CC(CCOC(C)C)OC(C)C)NC(=O)CCN(C)C(C)C. The average molecular weight is 345 g/mol. The van der Waals surface area contributed by atoms with Gasteiger partial charge in [0.15, 0.2) is 0 Å². The van der Waals surface area contributed by atoms with Crippen LogP contribution in [0, 0.1) is 0 Å². The fraction of sp³-hybridized carbons (Fsp3) is 0.947. The molecule has 0 aliphatic rings. The van der Waals surface area contributed by atoms with Crippen LogP contribution in [0.3, 0.4) is 0 Å². The molecule has 0 saturated carbocycles. The van der Waals surface area contributed by atoms with Gasteiger partial charge in [0.1, 0.15) is 0 Å². The van der Waals surface area contributed by atoms with E-state index in [9.17, 15) is 4.79 Å². The van der Waals surface area contributed by atoms with Crippen molar-refractivity contribution in [1.82, 2.24) is 10.2 Å². The van der Waals surface area contributed by atoms with Crippen LogP contribution in [0.5, 0.6) is 0 Å². The van der Waals surface area contributed by atoms with Crippen molar-refractivity contribution in [3.8, 4) is 0 Å². The first-order chi connectivity index (χ1) is 11.1. The van der Waals surface area contributed by atoms with Crippen LogP contribution in [0.1, 0.15) is 67.7 Å². The van der Waals surface area contributed by atoms with Crippen LogP contribution in [0.2, 0.25) is 0 Å². The predicted octanol–water partition coefficient (Wildman–Crippen LogP) is 3.22. The Kier molecular flexibility index (Phi) is 12.3. The van der Waals surface area contributed by atoms with E-state index in [-0.39, 0.29) is 30.3 Å². The van der Waals surface area contributed by atoms with Crippen LogP contribution in [0.25, 0.3) is 0 Å². The molecule has 0 aromatic rings. The van der Waals surface area contributed by atoms with E-state index in [1.807, 2.05) is 41.7 Å². The zero-order valence-corrected chi connectivity index (χ0v) is 17.1. The molecule has 1 N–H and O–H groups in total. The van der Waals surface area contributed by atoms with Crippen LogP contribution in [-0.4, -0.2) is 61.4 Å². The fourth-order valence-electron chi connectivity index (χ4n) is 2.40. The van der Waals surface area contributed by atoms with Gasteiger partial charge in [-0.1, -0.05) is 0 Å². The molecular formula is C19H40N2O3. The van der Waals surface area contributed by atoms with Gasteiger partial charge in [0.25, 0.3) is 0 Å². The number of carbonyl (C=O) groups excluding carboxylic acids is 1. The number of carbonyl (C=O) groups is 1. The monoisotopic (exact) mass is 344 g/mol. The molecule has 0 heterocycles. The number of amides is 1. The maximum atomic E-state index is 12.1. The maximum Gasteiger partial charge on any atom is 0.221 e. The summed E-state index contributed by atoms with van der Waals surface area (Å²) in [6, 6.07) is 0.560. The molecular weight excluding hydrogens is 304 g/mol. The van der Waals surface area contributed by atoms with E-state index in [4.69, 9.17) is 9.47 Å². The smallest absolute Gasteiger partial charge is 0.221 e. The quantitative estimate of drug-likeness (QED) is 0.557.